The standard InChI is InChI=1S/C19H25F5N2O3/c1-6-26(3)10-25-14-8-15(28-4)12(7-11(14)2)18(27,19(22,23)24)16(29-5)13-9-17(13,20)21/h7-8,10,13,16,27H,6,9H2,1-5H3. The van der Waals surface area contributed by atoms with E-state index in [9.17, 15) is 27.1 Å². The Bertz CT molecular complexity index is 769. The Morgan fingerprint density at radius 2 is 1.93 bits per heavy atom. The van der Waals surface area contributed by atoms with Gasteiger partial charge in [0.05, 0.1) is 25.1 Å². The van der Waals surface area contributed by atoms with Crippen LogP contribution in [0.1, 0.15) is 24.5 Å². The zero-order valence-corrected chi connectivity index (χ0v) is 16.8. The zero-order valence-electron chi connectivity index (χ0n) is 16.8. The summed E-state index contributed by atoms with van der Waals surface area (Å²) in [6.07, 6.45) is -6.79. The molecule has 5 nitrogen and oxygen atoms in total. The molecule has 1 aromatic carbocycles. The van der Waals surface area contributed by atoms with Crippen molar-refractivity contribution in [1.29, 1.82) is 0 Å². The van der Waals surface area contributed by atoms with Crippen LogP contribution in [0.2, 0.25) is 0 Å². The molecule has 164 valence electrons. The van der Waals surface area contributed by atoms with Gasteiger partial charge < -0.3 is 19.5 Å². The Kier molecular flexibility index (Phi) is 6.49. The number of nitrogens with zero attached hydrogens (tertiary/aromatic N) is 2. The van der Waals surface area contributed by atoms with Crippen molar-refractivity contribution < 1.29 is 36.5 Å². The van der Waals surface area contributed by atoms with Gasteiger partial charge in [-0.25, -0.2) is 13.8 Å². The molecule has 10 heteroatoms. The highest BCUT2D eigenvalue weighted by atomic mass is 19.4. The maximum absolute atomic E-state index is 14.0. The summed E-state index contributed by atoms with van der Waals surface area (Å²) in [5.41, 5.74) is -3.75. The lowest BCUT2D eigenvalue weighted by atomic mass is 9.83. The highest BCUT2D eigenvalue weighted by Crippen LogP contribution is 2.59. The Hall–Kier alpha value is -1.94. The van der Waals surface area contributed by atoms with E-state index in [0.29, 0.717) is 17.8 Å². The van der Waals surface area contributed by atoms with E-state index in [2.05, 4.69) is 4.99 Å². The van der Waals surface area contributed by atoms with Gasteiger partial charge in [-0.15, -0.1) is 0 Å². The average molecular weight is 424 g/mol. The third-order valence-electron chi connectivity index (χ3n) is 5.16. The summed E-state index contributed by atoms with van der Waals surface area (Å²) in [5.74, 6) is -5.43. The number of hydrogen-bond acceptors (Lipinski definition) is 4. The van der Waals surface area contributed by atoms with Crippen LogP contribution in [0.25, 0.3) is 0 Å². The van der Waals surface area contributed by atoms with Crippen LogP contribution in [0.4, 0.5) is 27.6 Å². The Labute approximate surface area is 166 Å². The minimum absolute atomic E-state index is 0.307. The van der Waals surface area contributed by atoms with Crippen LogP contribution in [0, 0.1) is 12.8 Å². The molecule has 0 bridgehead atoms. The smallest absolute Gasteiger partial charge is 0.424 e. The summed E-state index contributed by atoms with van der Waals surface area (Å²) in [6.45, 7) is 4.06. The van der Waals surface area contributed by atoms with Gasteiger partial charge >= 0.3 is 6.18 Å². The van der Waals surface area contributed by atoms with E-state index in [0.717, 1.165) is 20.3 Å². The summed E-state index contributed by atoms with van der Waals surface area (Å²) in [4.78, 5) is 5.96. The van der Waals surface area contributed by atoms with Gasteiger partial charge in [0.2, 0.25) is 5.60 Å². The van der Waals surface area contributed by atoms with E-state index in [1.165, 1.54) is 19.3 Å². The maximum Gasteiger partial charge on any atom is 0.424 e. The number of hydrogen-bond donors (Lipinski definition) is 1. The van der Waals surface area contributed by atoms with Gasteiger partial charge in [-0.3, -0.25) is 0 Å². The van der Waals surface area contributed by atoms with Crippen molar-refractivity contribution in [2.24, 2.45) is 10.9 Å². The van der Waals surface area contributed by atoms with Crippen molar-refractivity contribution in [3.8, 4) is 5.75 Å². The lowest BCUT2D eigenvalue weighted by Crippen LogP contribution is -2.54. The van der Waals surface area contributed by atoms with Gasteiger partial charge in [0, 0.05) is 38.8 Å². The molecule has 1 N–H and O–H groups in total. The minimum Gasteiger partial charge on any atom is -0.496 e. The monoisotopic (exact) mass is 424 g/mol. The molecule has 2 rings (SSSR count). The fourth-order valence-electron chi connectivity index (χ4n) is 3.18. The number of aliphatic hydroxyl groups is 1. The van der Waals surface area contributed by atoms with E-state index >= 15 is 0 Å². The van der Waals surface area contributed by atoms with Crippen LogP contribution in [-0.2, 0) is 10.3 Å². The fourth-order valence-corrected chi connectivity index (χ4v) is 3.18. The second kappa shape index (κ2) is 8.06. The number of aryl methyl sites for hydroxylation is 1. The van der Waals surface area contributed by atoms with Gasteiger partial charge in [0.15, 0.2) is 0 Å². The zero-order chi connectivity index (χ0) is 22.2. The molecule has 0 heterocycles. The minimum atomic E-state index is -5.29. The maximum atomic E-state index is 14.0. The first-order valence-corrected chi connectivity index (χ1v) is 8.96. The number of ether oxygens (including phenoxy) is 2. The highest BCUT2D eigenvalue weighted by Gasteiger charge is 2.72. The second-order valence-corrected chi connectivity index (χ2v) is 7.15. The van der Waals surface area contributed by atoms with E-state index in [1.54, 1.807) is 11.9 Å². The summed E-state index contributed by atoms with van der Waals surface area (Å²) in [6, 6.07) is 2.29. The van der Waals surface area contributed by atoms with Crippen LogP contribution in [0.5, 0.6) is 5.75 Å². The van der Waals surface area contributed by atoms with Gasteiger partial charge in [0.25, 0.3) is 5.92 Å². The van der Waals surface area contributed by atoms with Crippen LogP contribution in [0.3, 0.4) is 0 Å². The second-order valence-electron chi connectivity index (χ2n) is 7.15. The molecular weight excluding hydrogens is 399 g/mol. The quantitative estimate of drug-likeness (QED) is 0.389. The van der Waals surface area contributed by atoms with Crippen molar-refractivity contribution >= 4 is 12.0 Å². The topological polar surface area (TPSA) is 54.3 Å². The molecule has 1 aliphatic rings. The number of rotatable bonds is 8. The molecule has 1 saturated carbocycles. The van der Waals surface area contributed by atoms with Gasteiger partial charge in [-0.2, -0.15) is 13.2 Å². The SMILES string of the molecule is CCN(C)C=Nc1cc(OC)c(C(O)(C(OC)C2CC2(F)F)C(F)(F)F)cc1C. The van der Waals surface area contributed by atoms with Crippen molar-refractivity contribution in [1.82, 2.24) is 4.90 Å². The number of benzene rings is 1. The molecule has 3 unspecified atom stereocenters. The fraction of sp³-hybridized carbons (Fsp3) is 0.632. The van der Waals surface area contributed by atoms with Crippen molar-refractivity contribution in [2.45, 2.75) is 44.1 Å². The molecule has 1 aliphatic carbocycles. The molecule has 1 fully saturated rings. The summed E-state index contributed by atoms with van der Waals surface area (Å²) in [5, 5.41) is 10.8. The van der Waals surface area contributed by atoms with Crippen molar-refractivity contribution in [2.75, 3.05) is 27.8 Å². The molecule has 1 aromatic rings. The van der Waals surface area contributed by atoms with Crippen molar-refractivity contribution in [3.05, 3.63) is 23.3 Å². The average Bonchev–Trinajstić information content (AvgIpc) is 3.26. The third kappa shape index (κ3) is 4.32. The summed E-state index contributed by atoms with van der Waals surface area (Å²) in [7, 11) is 3.77. The van der Waals surface area contributed by atoms with E-state index in [1.807, 2.05) is 6.92 Å². The first kappa shape index (κ1) is 23.3. The molecule has 0 spiro atoms. The van der Waals surface area contributed by atoms with E-state index < -0.39 is 41.7 Å². The largest absolute Gasteiger partial charge is 0.496 e. The van der Waals surface area contributed by atoms with Crippen LogP contribution >= 0.6 is 0 Å². The summed E-state index contributed by atoms with van der Waals surface area (Å²) < 4.78 is 79.2. The molecular formula is C19H25F5N2O3. The first-order valence-electron chi connectivity index (χ1n) is 8.96. The Balaban J connectivity index is 2.62. The van der Waals surface area contributed by atoms with Gasteiger partial charge in [-0.1, -0.05) is 0 Å². The lowest BCUT2D eigenvalue weighted by molar-refractivity contribution is -0.306. The Morgan fingerprint density at radius 1 is 1.34 bits per heavy atom. The normalized spacial score (nSPS) is 21.7. The highest BCUT2D eigenvalue weighted by molar-refractivity contribution is 5.65. The van der Waals surface area contributed by atoms with E-state index in [4.69, 9.17) is 9.47 Å². The number of aliphatic imine (C=N–C) groups is 1. The molecule has 3 atom stereocenters. The van der Waals surface area contributed by atoms with Crippen molar-refractivity contribution in [3.63, 3.8) is 0 Å². The Morgan fingerprint density at radius 3 is 2.34 bits per heavy atom. The van der Waals surface area contributed by atoms with Crippen LogP contribution in [-0.4, -0.2) is 62.4 Å². The molecule has 29 heavy (non-hydrogen) atoms. The summed E-state index contributed by atoms with van der Waals surface area (Å²) >= 11 is 0. The predicted octanol–water partition coefficient (Wildman–Crippen LogP) is 4.04. The first-order chi connectivity index (χ1) is 13.3. The van der Waals surface area contributed by atoms with Gasteiger partial charge in [-0.05, 0) is 25.5 Å². The molecule has 0 amide bonds. The van der Waals surface area contributed by atoms with E-state index in [-0.39, 0.29) is 5.75 Å². The van der Waals surface area contributed by atoms with Crippen LogP contribution < -0.4 is 4.74 Å². The predicted molar refractivity (Wildman–Crippen MR) is 98.0 cm³/mol. The molecule has 0 aliphatic heterocycles. The van der Waals surface area contributed by atoms with Gasteiger partial charge in [0.1, 0.15) is 11.9 Å². The molecule has 0 aromatic heterocycles. The molecule has 0 radical (unpaired) electrons. The molecule has 0 saturated heterocycles. The number of halogens is 5. The van der Waals surface area contributed by atoms with Crippen LogP contribution in [0.15, 0.2) is 17.1 Å². The lowest BCUT2D eigenvalue weighted by Gasteiger charge is -2.38. The number of methoxy groups -OCH3 is 2. The third-order valence-corrected chi connectivity index (χ3v) is 5.16. The number of alkyl halides is 5.